The number of amides is 1. The van der Waals surface area contributed by atoms with E-state index in [-0.39, 0.29) is 18.2 Å². The Hall–Kier alpha value is -3.99. The third-order valence-corrected chi connectivity index (χ3v) is 4.74. The fraction of sp³-hybridized carbons (Fsp3) is 0.0417. The lowest BCUT2D eigenvalue weighted by Crippen LogP contribution is -2.20. The number of nitrogens with one attached hydrogen (secondary N) is 1. The number of ketones is 1. The molecular formula is C24H18N2O3. The van der Waals surface area contributed by atoms with E-state index in [4.69, 9.17) is 0 Å². The third-order valence-electron chi connectivity index (χ3n) is 4.74. The zero-order valence-corrected chi connectivity index (χ0v) is 15.5. The number of carbonyl (C=O) groups excluding carboxylic acids is 3. The number of hydrogen-bond acceptors (Lipinski definition) is 3. The van der Waals surface area contributed by atoms with E-state index in [0.717, 1.165) is 17.2 Å². The minimum absolute atomic E-state index is 0.0300. The maximum absolute atomic E-state index is 12.8. The number of aldehydes is 1. The lowest BCUT2D eigenvalue weighted by atomic mass is 10.0. The molecule has 0 bridgehead atoms. The monoisotopic (exact) mass is 382 g/mol. The normalized spacial score (nSPS) is 10.6. The Morgan fingerprint density at radius 3 is 2.34 bits per heavy atom. The number of carbonyl (C=O) groups is 3. The summed E-state index contributed by atoms with van der Waals surface area (Å²) in [6.07, 6.45) is 2.45. The van der Waals surface area contributed by atoms with Crippen molar-refractivity contribution in [1.82, 2.24) is 4.57 Å². The van der Waals surface area contributed by atoms with Crippen LogP contribution in [-0.2, 0) is 11.3 Å². The second-order valence-electron chi connectivity index (χ2n) is 6.64. The number of hydrogen-bond donors (Lipinski definition) is 1. The molecule has 0 atom stereocenters. The van der Waals surface area contributed by atoms with E-state index >= 15 is 0 Å². The van der Waals surface area contributed by atoms with Gasteiger partial charge in [-0.1, -0.05) is 60.7 Å². The number of anilines is 1. The van der Waals surface area contributed by atoms with Gasteiger partial charge < -0.3 is 9.88 Å². The van der Waals surface area contributed by atoms with Gasteiger partial charge >= 0.3 is 0 Å². The van der Waals surface area contributed by atoms with Crippen molar-refractivity contribution in [1.29, 1.82) is 0 Å². The first kappa shape index (κ1) is 18.4. The molecule has 0 radical (unpaired) electrons. The van der Waals surface area contributed by atoms with E-state index in [1.165, 1.54) is 0 Å². The van der Waals surface area contributed by atoms with Crippen LogP contribution in [0.5, 0.6) is 0 Å². The number of aromatic nitrogens is 1. The van der Waals surface area contributed by atoms with Crippen LogP contribution >= 0.6 is 0 Å². The highest BCUT2D eigenvalue weighted by Crippen LogP contribution is 2.22. The maximum Gasteiger partial charge on any atom is 0.244 e. The molecule has 0 saturated carbocycles. The lowest BCUT2D eigenvalue weighted by Gasteiger charge is -2.11. The lowest BCUT2D eigenvalue weighted by molar-refractivity contribution is -0.116. The van der Waals surface area contributed by atoms with E-state index in [9.17, 15) is 14.4 Å². The van der Waals surface area contributed by atoms with Gasteiger partial charge in [-0.25, -0.2) is 0 Å². The largest absolute Gasteiger partial charge is 0.337 e. The Balaban J connectivity index is 1.59. The molecule has 0 spiro atoms. The predicted octanol–water partition coefficient (Wildman–Crippen LogP) is 4.32. The smallest absolute Gasteiger partial charge is 0.244 e. The van der Waals surface area contributed by atoms with Crippen LogP contribution in [0.2, 0.25) is 0 Å². The number of fused-ring (bicyclic) bond motifs is 1. The minimum atomic E-state index is -0.281. The second kappa shape index (κ2) is 7.94. The van der Waals surface area contributed by atoms with Crippen molar-refractivity contribution in [3.8, 4) is 0 Å². The van der Waals surface area contributed by atoms with E-state index < -0.39 is 0 Å². The van der Waals surface area contributed by atoms with Crippen LogP contribution in [0, 0.1) is 0 Å². The molecule has 4 aromatic rings. The topological polar surface area (TPSA) is 68.2 Å². The molecule has 5 nitrogen and oxygen atoms in total. The average molecular weight is 382 g/mol. The molecule has 1 aromatic heterocycles. The summed E-state index contributed by atoms with van der Waals surface area (Å²) >= 11 is 0. The van der Waals surface area contributed by atoms with Crippen molar-refractivity contribution in [2.24, 2.45) is 0 Å². The standard InChI is InChI=1S/C24H18N2O3/c27-16-18-14-26(22-13-7-5-10-19(18)22)15-23(28)25-21-12-6-4-11-20(21)24(29)17-8-2-1-3-9-17/h1-14,16H,15H2,(H,25,28). The van der Waals surface area contributed by atoms with Gasteiger partial charge in [0.25, 0.3) is 0 Å². The average Bonchev–Trinajstić information content (AvgIpc) is 3.12. The number of benzene rings is 3. The van der Waals surface area contributed by atoms with E-state index in [2.05, 4.69) is 5.32 Å². The molecule has 29 heavy (non-hydrogen) atoms. The summed E-state index contributed by atoms with van der Waals surface area (Å²) in [7, 11) is 0. The summed E-state index contributed by atoms with van der Waals surface area (Å²) in [6, 6.07) is 23.3. The Morgan fingerprint density at radius 1 is 0.862 bits per heavy atom. The summed E-state index contributed by atoms with van der Waals surface area (Å²) in [5.74, 6) is -0.437. The molecule has 0 saturated heterocycles. The van der Waals surface area contributed by atoms with Gasteiger partial charge in [0.05, 0.1) is 5.69 Å². The second-order valence-corrected chi connectivity index (χ2v) is 6.64. The molecule has 0 aliphatic heterocycles. The summed E-state index contributed by atoms with van der Waals surface area (Å²) in [5.41, 5.74) is 2.78. The molecule has 4 rings (SSSR count). The highest BCUT2D eigenvalue weighted by Gasteiger charge is 2.16. The molecule has 0 aliphatic rings. The first-order valence-electron chi connectivity index (χ1n) is 9.19. The Labute approximate surface area is 167 Å². The van der Waals surface area contributed by atoms with Gasteiger partial charge in [-0.15, -0.1) is 0 Å². The molecule has 0 aliphatic carbocycles. The maximum atomic E-state index is 12.8. The Morgan fingerprint density at radius 2 is 1.55 bits per heavy atom. The van der Waals surface area contributed by atoms with Crippen molar-refractivity contribution in [3.63, 3.8) is 0 Å². The molecular weight excluding hydrogens is 364 g/mol. The van der Waals surface area contributed by atoms with Gasteiger partial charge in [-0.3, -0.25) is 14.4 Å². The first-order chi connectivity index (χ1) is 14.2. The molecule has 0 unspecified atom stereocenters. The number of para-hydroxylation sites is 2. The zero-order chi connectivity index (χ0) is 20.2. The van der Waals surface area contributed by atoms with Crippen LogP contribution in [0.15, 0.2) is 85.1 Å². The number of rotatable bonds is 6. The van der Waals surface area contributed by atoms with Gasteiger partial charge in [-0.05, 0) is 18.2 Å². The molecule has 142 valence electrons. The fourth-order valence-electron chi connectivity index (χ4n) is 3.38. The summed E-state index contributed by atoms with van der Waals surface area (Å²) < 4.78 is 1.73. The van der Waals surface area contributed by atoms with Gasteiger partial charge in [-0.2, -0.15) is 0 Å². The highest BCUT2D eigenvalue weighted by molar-refractivity contribution is 6.13. The quantitative estimate of drug-likeness (QED) is 0.399. The van der Waals surface area contributed by atoms with Crippen LogP contribution in [-0.4, -0.2) is 22.5 Å². The number of nitrogens with zero attached hydrogens (tertiary/aromatic N) is 1. The highest BCUT2D eigenvalue weighted by atomic mass is 16.2. The van der Waals surface area contributed by atoms with Crippen molar-refractivity contribution in [3.05, 3.63) is 102 Å². The fourth-order valence-corrected chi connectivity index (χ4v) is 3.38. The molecule has 5 heteroatoms. The van der Waals surface area contributed by atoms with Crippen molar-refractivity contribution < 1.29 is 14.4 Å². The van der Waals surface area contributed by atoms with Crippen LogP contribution in [0.3, 0.4) is 0 Å². The van der Waals surface area contributed by atoms with Crippen LogP contribution in [0.4, 0.5) is 5.69 Å². The van der Waals surface area contributed by atoms with Crippen molar-refractivity contribution in [2.75, 3.05) is 5.32 Å². The molecule has 1 amide bonds. The van der Waals surface area contributed by atoms with E-state index in [1.54, 1.807) is 59.3 Å². The van der Waals surface area contributed by atoms with Crippen LogP contribution in [0.1, 0.15) is 26.3 Å². The van der Waals surface area contributed by atoms with E-state index in [1.807, 2.05) is 30.3 Å². The zero-order valence-electron chi connectivity index (χ0n) is 15.5. The summed E-state index contributed by atoms with van der Waals surface area (Å²) in [6.45, 7) is 0.0300. The molecule has 0 fully saturated rings. The van der Waals surface area contributed by atoms with Gasteiger partial charge in [0.2, 0.25) is 5.91 Å². The first-order valence-corrected chi connectivity index (χ1v) is 9.19. The van der Waals surface area contributed by atoms with Crippen molar-refractivity contribution in [2.45, 2.75) is 6.54 Å². The SMILES string of the molecule is O=Cc1cn(CC(=O)Nc2ccccc2C(=O)c2ccccc2)c2ccccc12. The van der Waals surface area contributed by atoms with Gasteiger partial charge in [0.15, 0.2) is 12.1 Å². The van der Waals surface area contributed by atoms with Crippen LogP contribution in [0.25, 0.3) is 10.9 Å². The third kappa shape index (κ3) is 3.71. The molecule has 3 aromatic carbocycles. The minimum Gasteiger partial charge on any atom is -0.337 e. The Kier molecular flexibility index (Phi) is 5.03. The van der Waals surface area contributed by atoms with Gasteiger partial charge in [0, 0.05) is 33.8 Å². The molecule has 1 N–H and O–H groups in total. The molecule has 1 heterocycles. The Bertz CT molecular complexity index is 1210. The van der Waals surface area contributed by atoms with Crippen LogP contribution < -0.4 is 5.32 Å². The summed E-state index contributed by atoms with van der Waals surface area (Å²) in [4.78, 5) is 36.8. The summed E-state index contributed by atoms with van der Waals surface area (Å²) in [5, 5.41) is 3.63. The van der Waals surface area contributed by atoms with Gasteiger partial charge in [0.1, 0.15) is 6.54 Å². The predicted molar refractivity (Wildman–Crippen MR) is 112 cm³/mol. The van der Waals surface area contributed by atoms with Crippen molar-refractivity contribution >= 4 is 34.6 Å². The van der Waals surface area contributed by atoms with E-state index in [0.29, 0.717) is 22.4 Å².